The summed E-state index contributed by atoms with van der Waals surface area (Å²) in [4.78, 5) is 13.5. The van der Waals surface area contributed by atoms with E-state index in [1.807, 2.05) is 0 Å². The van der Waals surface area contributed by atoms with Gasteiger partial charge >= 0.3 is 5.88 Å². The van der Waals surface area contributed by atoms with Crippen molar-refractivity contribution >= 4 is 5.88 Å². The van der Waals surface area contributed by atoms with E-state index in [9.17, 15) is 10.1 Å². The van der Waals surface area contributed by atoms with Gasteiger partial charge in [-0.3, -0.25) is 10.1 Å². The molecule has 0 aliphatic heterocycles. The average molecular weight is 195 g/mol. The second-order valence-electron chi connectivity index (χ2n) is 2.53. The Hall–Kier alpha value is -2.18. The minimum Gasteiger partial charge on any atom is -0.397 e. The van der Waals surface area contributed by atoms with Crippen LogP contribution in [0.3, 0.4) is 0 Å². The fourth-order valence-corrected chi connectivity index (χ4v) is 0.945. The van der Waals surface area contributed by atoms with Gasteiger partial charge in [-0.05, 0) is 6.07 Å². The maximum Gasteiger partial charge on any atom is 0.433 e. The van der Waals surface area contributed by atoms with Crippen molar-refractivity contribution in [3.05, 3.63) is 28.1 Å². The molecular formula is C7H5N3O4. The maximum absolute atomic E-state index is 10.3. The summed E-state index contributed by atoms with van der Waals surface area (Å²) in [5.41, 5.74) is 0. The van der Waals surface area contributed by atoms with E-state index in [1.165, 1.54) is 12.1 Å². The van der Waals surface area contributed by atoms with E-state index in [0.717, 1.165) is 0 Å². The van der Waals surface area contributed by atoms with E-state index in [4.69, 9.17) is 8.94 Å². The summed E-state index contributed by atoms with van der Waals surface area (Å²) < 4.78 is 9.56. The zero-order valence-electron chi connectivity index (χ0n) is 7.13. The summed E-state index contributed by atoms with van der Waals surface area (Å²) in [5.74, 6) is 0.450. The SMILES string of the molecule is Cc1nc(-c2ccc([N+](=O)[O-])o2)no1. The molecule has 0 amide bonds. The van der Waals surface area contributed by atoms with Crippen molar-refractivity contribution in [1.29, 1.82) is 0 Å². The Morgan fingerprint density at radius 1 is 1.50 bits per heavy atom. The lowest BCUT2D eigenvalue weighted by Crippen LogP contribution is -1.83. The monoisotopic (exact) mass is 195 g/mol. The molecule has 0 aliphatic rings. The lowest BCUT2D eigenvalue weighted by Gasteiger charge is -1.83. The van der Waals surface area contributed by atoms with Gasteiger partial charge in [0.25, 0.3) is 0 Å². The topological polar surface area (TPSA) is 95.2 Å². The van der Waals surface area contributed by atoms with Gasteiger partial charge in [-0.15, -0.1) is 0 Å². The first-order valence-corrected chi connectivity index (χ1v) is 3.72. The first-order chi connectivity index (χ1) is 6.66. The summed E-state index contributed by atoms with van der Waals surface area (Å²) in [6, 6.07) is 2.66. The van der Waals surface area contributed by atoms with Crippen molar-refractivity contribution in [3.63, 3.8) is 0 Å². The van der Waals surface area contributed by atoms with Crippen molar-refractivity contribution in [2.45, 2.75) is 6.92 Å². The van der Waals surface area contributed by atoms with Crippen LogP contribution in [0.2, 0.25) is 0 Å². The molecule has 2 rings (SSSR count). The van der Waals surface area contributed by atoms with Gasteiger partial charge in [0.05, 0.1) is 6.07 Å². The summed E-state index contributed by atoms with van der Waals surface area (Å²) in [6.45, 7) is 1.62. The molecule has 0 saturated carbocycles. The van der Waals surface area contributed by atoms with Crippen LogP contribution in [-0.2, 0) is 0 Å². The zero-order valence-corrected chi connectivity index (χ0v) is 7.13. The lowest BCUT2D eigenvalue weighted by atomic mass is 10.4. The number of furan rings is 1. The van der Waals surface area contributed by atoms with Crippen LogP contribution in [0.1, 0.15) is 5.89 Å². The Kier molecular flexibility index (Phi) is 1.77. The van der Waals surface area contributed by atoms with Crippen molar-refractivity contribution < 1.29 is 13.9 Å². The molecule has 2 heterocycles. The Morgan fingerprint density at radius 3 is 2.79 bits per heavy atom. The lowest BCUT2D eigenvalue weighted by molar-refractivity contribution is -0.401. The van der Waals surface area contributed by atoms with E-state index < -0.39 is 4.92 Å². The van der Waals surface area contributed by atoms with Crippen LogP contribution in [0.15, 0.2) is 21.1 Å². The minimum absolute atomic E-state index is 0.204. The van der Waals surface area contributed by atoms with Gasteiger partial charge in [0.1, 0.15) is 4.92 Å². The number of aryl methyl sites for hydroxylation is 1. The van der Waals surface area contributed by atoms with E-state index in [-0.39, 0.29) is 17.5 Å². The largest absolute Gasteiger partial charge is 0.433 e. The van der Waals surface area contributed by atoms with Crippen molar-refractivity contribution in [2.75, 3.05) is 0 Å². The summed E-state index contributed by atoms with van der Waals surface area (Å²) in [7, 11) is 0. The Balaban J connectivity index is 2.38. The molecule has 0 spiro atoms. The van der Waals surface area contributed by atoms with Crippen LogP contribution in [0, 0.1) is 17.0 Å². The van der Waals surface area contributed by atoms with E-state index in [0.29, 0.717) is 5.89 Å². The van der Waals surface area contributed by atoms with Gasteiger partial charge in [0.15, 0.2) is 5.76 Å². The fourth-order valence-electron chi connectivity index (χ4n) is 0.945. The molecule has 0 saturated heterocycles. The van der Waals surface area contributed by atoms with Gasteiger partial charge in [-0.2, -0.15) is 4.98 Å². The number of rotatable bonds is 2. The molecule has 2 aromatic heterocycles. The van der Waals surface area contributed by atoms with Gasteiger partial charge in [-0.25, -0.2) is 0 Å². The molecular weight excluding hydrogens is 190 g/mol. The van der Waals surface area contributed by atoms with E-state index >= 15 is 0 Å². The van der Waals surface area contributed by atoms with Gasteiger partial charge in [0.2, 0.25) is 11.7 Å². The molecule has 7 heteroatoms. The van der Waals surface area contributed by atoms with Gasteiger partial charge in [-0.1, -0.05) is 5.16 Å². The molecule has 2 aromatic rings. The highest BCUT2D eigenvalue weighted by Gasteiger charge is 2.16. The Morgan fingerprint density at radius 2 is 2.29 bits per heavy atom. The van der Waals surface area contributed by atoms with Gasteiger partial charge < -0.3 is 8.94 Å². The van der Waals surface area contributed by atoms with Crippen LogP contribution in [0.25, 0.3) is 11.6 Å². The number of nitrogens with zero attached hydrogens (tertiary/aromatic N) is 3. The van der Waals surface area contributed by atoms with E-state index in [2.05, 4.69) is 10.1 Å². The molecule has 0 bridgehead atoms. The highest BCUT2D eigenvalue weighted by atomic mass is 16.6. The van der Waals surface area contributed by atoms with Gasteiger partial charge in [0, 0.05) is 6.92 Å². The third-order valence-electron chi connectivity index (χ3n) is 1.52. The first-order valence-electron chi connectivity index (χ1n) is 3.72. The number of hydrogen-bond acceptors (Lipinski definition) is 6. The third kappa shape index (κ3) is 1.35. The minimum atomic E-state index is -0.629. The molecule has 72 valence electrons. The number of hydrogen-bond donors (Lipinski definition) is 0. The zero-order chi connectivity index (χ0) is 10.1. The van der Waals surface area contributed by atoms with Crippen LogP contribution < -0.4 is 0 Å². The Labute approximate surface area is 77.5 Å². The quantitative estimate of drug-likeness (QED) is 0.532. The highest BCUT2D eigenvalue weighted by Crippen LogP contribution is 2.23. The molecule has 7 nitrogen and oxygen atoms in total. The van der Waals surface area contributed by atoms with Crippen molar-refractivity contribution in [1.82, 2.24) is 10.1 Å². The first kappa shape index (κ1) is 8.42. The standard InChI is InChI=1S/C7H5N3O4/c1-4-8-7(9-14-4)5-2-3-6(13-5)10(11)12/h2-3H,1H3. The second-order valence-corrected chi connectivity index (χ2v) is 2.53. The Bertz CT molecular complexity index is 473. The van der Waals surface area contributed by atoms with Crippen LogP contribution in [0.5, 0.6) is 0 Å². The second kappa shape index (κ2) is 2.95. The third-order valence-corrected chi connectivity index (χ3v) is 1.52. The normalized spacial score (nSPS) is 10.4. The molecule has 0 aliphatic carbocycles. The molecule has 14 heavy (non-hydrogen) atoms. The number of nitro groups is 1. The summed E-state index contributed by atoms with van der Waals surface area (Å²) in [5, 5.41) is 13.9. The van der Waals surface area contributed by atoms with Crippen LogP contribution >= 0.6 is 0 Å². The smallest absolute Gasteiger partial charge is 0.397 e. The predicted molar refractivity (Wildman–Crippen MR) is 43.4 cm³/mol. The molecule has 0 radical (unpaired) electrons. The molecule has 0 atom stereocenters. The maximum atomic E-state index is 10.3. The summed E-state index contributed by atoms with van der Waals surface area (Å²) in [6.07, 6.45) is 0. The van der Waals surface area contributed by atoms with Crippen molar-refractivity contribution in [3.8, 4) is 11.6 Å². The molecule has 0 unspecified atom stereocenters. The van der Waals surface area contributed by atoms with Crippen molar-refractivity contribution in [2.24, 2.45) is 0 Å². The van der Waals surface area contributed by atoms with Crippen LogP contribution in [-0.4, -0.2) is 15.1 Å². The number of aromatic nitrogens is 2. The molecule has 0 aromatic carbocycles. The molecule has 0 N–H and O–H groups in total. The fraction of sp³-hybridized carbons (Fsp3) is 0.143. The highest BCUT2D eigenvalue weighted by molar-refractivity contribution is 5.47. The van der Waals surface area contributed by atoms with E-state index in [1.54, 1.807) is 6.92 Å². The molecule has 0 fully saturated rings. The average Bonchev–Trinajstić information content (AvgIpc) is 2.70. The predicted octanol–water partition coefficient (Wildman–Crippen LogP) is 1.55. The summed E-state index contributed by atoms with van der Waals surface area (Å²) >= 11 is 0. The van der Waals surface area contributed by atoms with Crippen LogP contribution in [0.4, 0.5) is 5.88 Å².